The van der Waals surface area contributed by atoms with E-state index in [0.717, 1.165) is 12.3 Å². The van der Waals surface area contributed by atoms with Crippen LogP contribution >= 0.6 is 0 Å². The van der Waals surface area contributed by atoms with Crippen molar-refractivity contribution < 1.29 is 30.1 Å². The Morgan fingerprint density at radius 1 is 1.40 bits per heavy atom. The summed E-state index contributed by atoms with van der Waals surface area (Å²) >= 11 is 0. The molecule has 2 rings (SSSR count). The van der Waals surface area contributed by atoms with Gasteiger partial charge >= 0.3 is 11.2 Å². The van der Waals surface area contributed by atoms with Gasteiger partial charge in [0.25, 0.3) is 0 Å². The zero-order valence-electron chi connectivity index (χ0n) is 9.99. The molecule has 4 atom stereocenters. The number of rotatable bonds is 3. The summed E-state index contributed by atoms with van der Waals surface area (Å²) in [6.45, 7) is -0.594. The van der Waals surface area contributed by atoms with Crippen LogP contribution in [0, 0.1) is 10.1 Å². The quantitative estimate of drug-likeness (QED) is 0.370. The van der Waals surface area contributed by atoms with Gasteiger partial charge in [-0.3, -0.25) is 19.5 Å². The highest BCUT2D eigenvalue weighted by Gasteiger charge is 2.44. The highest BCUT2D eigenvalue weighted by Crippen LogP contribution is 2.30. The van der Waals surface area contributed by atoms with E-state index in [-0.39, 0.29) is 0 Å². The zero-order chi connectivity index (χ0) is 15.0. The van der Waals surface area contributed by atoms with Crippen molar-refractivity contribution in [2.45, 2.75) is 24.5 Å². The predicted molar refractivity (Wildman–Crippen MR) is 62.0 cm³/mol. The number of aromatic hydroxyl groups is 1. The van der Waals surface area contributed by atoms with E-state index in [1.165, 1.54) is 0 Å². The van der Waals surface area contributed by atoms with Crippen LogP contribution in [0.2, 0.25) is 0 Å². The molecule has 0 aliphatic carbocycles. The monoisotopic (exact) mass is 288 g/mol. The van der Waals surface area contributed by atoms with Gasteiger partial charge in [-0.25, -0.2) is 0 Å². The number of aliphatic hydroxyl groups excluding tert-OH is 3. The first-order valence-corrected chi connectivity index (χ1v) is 5.59. The maximum atomic E-state index is 11.9. The molecule has 0 spiro atoms. The zero-order valence-corrected chi connectivity index (χ0v) is 9.99. The molecule has 4 N–H and O–H groups in total. The third kappa shape index (κ3) is 2.14. The van der Waals surface area contributed by atoms with Crippen LogP contribution in [0.3, 0.4) is 0 Å². The highest BCUT2D eigenvalue weighted by molar-refractivity contribution is 5.42. The first-order chi connectivity index (χ1) is 9.38. The molecule has 0 aromatic carbocycles. The van der Waals surface area contributed by atoms with E-state index < -0.39 is 53.1 Å². The molecular formula is C10H12N2O8. The summed E-state index contributed by atoms with van der Waals surface area (Å²) in [4.78, 5) is 21.5. The third-order valence-corrected chi connectivity index (χ3v) is 3.05. The van der Waals surface area contributed by atoms with Gasteiger partial charge in [0.1, 0.15) is 18.3 Å². The Morgan fingerprint density at radius 3 is 2.55 bits per heavy atom. The van der Waals surface area contributed by atoms with E-state index >= 15 is 0 Å². The minimum absolute atomic E-state index is 0.594. The molecule has 1 aromatic rings. The van der Waals surface area contributed by atoms with Crippen molar-refractivity contribution in [1.82, 2.24) is 4.57 Å². The topological polar surface area (TPSA) is 155 Å². The fourth-order valence-corrected chi connectivity index (χ4v) is 2.01. The average molecular weight is 288 g/mol. The van der Waals surface area contributed by atoms with Gasteiger partial charge in [0.15, 0.2) is 6.23 Å². The molecule has 1 fully saturated rings. The van der Waals surface area contributed by atoms with E-state index in [4.69, 9.17) is 9.84 Å². The highest BCUT2D eigenvalue weighted by atomic mass is 16.6. The van der Waals surface area contributed by atoms with Crippen molar-refractivity contribution in [2.75, 3.05) is 6.61 Å². The van der Waals surface area contributed by atoms with Gasteiger partial charge in [-0.2, -0.15) is 0 Å². The second kappa shape index (κ2) is 5.17. The number of nitro groups is 1. The van der Waals surface area contributed by atoms with Gasteiger partial charge in [-0.1, -0.05) is 0 Å². The molecule has 1 aromatic heterocycles. The van der Waals surface area contributed by atoms with Crippen molar-refractivity contribution >= 4 is 5.69 Å². The Labute approximate surface area is 111 Å². The van der Waals surface area contributed by atoms with E-state index in [2.05, 4.69) is 0 Å². The maximum absolute atomic E-state index is 11.9. The molecule has 20 heavy (non-hydrogen) atoms. The lowest BCUT2D eigenvalue weighted by Gasteiger charge is -2.17. The predicted octanol–water partition coefficient (Wildman–Crippen LogP) is -1.93. The Bertz CT molecular complexity index is 585. The largest absolute Gasteiger partial charge is 0.502 e. The first kappa shape index (κ1) is 14.4. The van der Waals surface area contributed by atoms with Gasteiger partial charge in [0, 0.05) is 12.3 Å². The SMILES string of the molecule is O=c1c([N+](=O)[O-])c(O)ccn1C1O[C@H](CO)[C@@H](O)[C@H]1O. The van der Waals surface area contributed by atoms with Crippen LogP contribution < -0.4 is 5.56 Å². The summed E-state index contributed by atoms with van der Waals surface area (Å²) in [5.41, 5.74) is -2.25. The fourth-order valence-electron chi connectivity index (χ4n) is 2.01. The molecule has 10 nitrogen and oxygen atoms in total. The molecule has 1 aliphatic rings. The van der Waals surface area contributed by atoms with E-state index in [1.807, 2.05) is 0 Å². The van der Waals surface area contributed by atoms with Crippen molar-refractivity contribution in [3.63, 3.8) is 0 Å². The van der Waals surface area contributed by atoms with Crippen molar-refractivity contribution in [3.05, 3.63) is 32.7 Å². The molecule has 1 unspecified atom stereocenters. The average Bonchev–Trinajstić information content (AvgIpc) is 2.66. The summed E-state index contributed by atoms with van der Waals surface area (Å²) in [5.74, 6) is -0.817. The molecular weight excluding hydrogens is 276 g/mol. The fraction of sp³-hybridized carbons (Fsp3) is 0.500. The van der Waals surface area contributed by atoms with Crippen LogP contribution in [0.4, 0.5) is 5.69 Å². The summed E-state index contributed by atoms with van der Waals surface area (Å²) < 4.78 is 5.77. The minimum Gasteiger partial charge on any atom is -0.502 e. The van der Waals surface area contributed by atoms with E-state index in [1.54, 1.807) is 0 Å². The molecule has 0 amide bonds. The van der Waals surface area contributed by atoms with Gasteiger partial charge in [0.2, 0.25) is 5.75 Å². The van der Waals surface area contributed by atoms with Crippen LogP contribution in [-0.2, 0) is 4.74 Å². The van der Waals surface area contributed by atoms with Crippen LogP contribution in [0.1, 0.15) is 6.23 Å². The lowest BCUT2D eigenvalue weighted by Crippen LogP contribution is -2.35. The normalized spacial score (nSPS) is 29.6. The number of aromatic nitrogens is 1. The van der Waals surface area contributed by atoms with Gasteiger partial charge in [-0.05, 0) is 0 Å². The summed E-state index contributed by atoms with van der Waals surface area (Å²) in [5, 5.41) is 48.3. The standard InChI is InChI=1S/C10H12N2O8/c13-3-5-7(15)8(16)10(20-5)11-2-1-4(14)6(9(11)17)12(18)19/h1-2,5,7-8,10,13-16H,3H2/t5-,7-,8-,10?/m1/s1. The van der Waals surface area contributed by atoms with Crippen molar-refractivity contribution in [1.29, 1.82) is 0 Å². The number of hydrogen-bond acceptors (Lipinski definition) is 8. The first-order valence-electron chi connectivity index (χ1n) is 5.59. The molecule has 0 saturated carbocycles. The molecule has 110 valence electrons. The Morgan fingerprint density at radius 2 is 2.05 bits per heavy atom. The minimum atomic E-state index is -1.55. The van der Waals surface area contributed by atoms with Gasteiger partial charge in [0.05, 0.1) is 11.5 Å². The Hall–Kier alpha value is -2.01. The van der Waals surface area contributed by atoms with Crippen LogP contribution in [0.5, 0.6) is 5.75 Å². The number of pyridine rings is 1. The molecule has 10 heteroatoms. The number of aliphatic hydroxyl groups is 3. The molecule has 2 heterocycles. The summed E-state index contributed by atoms with van der Waals surface area (Å²) in [6, 6.07) is 0.897. The molecule has 0 radical (unpaired) electrons. The van der Waals surface area contributed by atoms with E-state index in [0.29, 0.717) is 4.57 Å². The smallest absolute Gasteiger partial charge is 0.375 e. The van der Waals surface area contributed by atoms with Gasteiger partial charge < -0.3 is 25.2 Å². The Kier molecular flexibility index (Phi) is 3.72. The van der Waals surface area contributed by atoms with Crippen LogP contribution in [0.25, 0.3) is 0 Å². The van der Waals surface area contributed by atoms with Crippen molar-refractivity contribution in [3.8, 4) is 5.75 Å². The maximum Gasteiger partial charge on any atom is 0.375 e. The summed E-state index contributed by atoms with van der Waals surface area (Å²) in [6.07, 6.45) is -4.51. The lowest BCUT2D eigenvalue weighted by atomic mass is 10.1. The van der Waals surface area contributed by atoms with Crippen LogP contribution in [-0.4, -0.2) is 54.8 Å². The van der Waals surface area contributed by atoms with E-state index in [9.17, 15) is 30.2 Å². The third-order valence-electron chi connectivity index (χ3n) is 3.05. The van der Waals surface area contributed by atoms with Crippen molar-refractivity contribution in [2.24, 2.45) is 0 Å². The lowest BCUT2D eigenvalue weighted by molar-refractivity contribution is -0.387. The number of nitrogens with zero attached hydrogens (tertiary/aromatic N) is 2. The molecule has 1 saturated heterocycles. The second-order valence-corrected chi connectivity index (χ2v) is 4.25. The number of hydrogen-bond donors (Lipinski definition) is 4. The van der Waals surface area contributed by atoms with Crippen LogP contribution in [0.15, 0.2) is 17.1 Å². The van der Waals surface area contributed by atoms with Gasteiger partial charge in [-0.15, -0.1) is 0 Å². The molecule has 1 aliphatic heterocycles. The molecule has 0 bridgehead atoms. The number of ether oxygens (including phenoxy) is 1. The summed E-state index contributed by atoms with van der Waals surface area (Å²) in [7, 11) is 0. The Balaban J connectivity index is 2.47. The second-order valence-electron chi connectivity index (χ2n) is 4.25.